The van der Waals surface area contributed by atoms with E-state index in [-0.39, 0.29) is 11.5 Å². The molecule has 0 aromatic carbocycles. The van der Waals surface area contributed by atoms with Crippen molar-refractivity contribution in [1.82, 2.24) is 24.5 Å². The molecule has 1 aliphatic heterocycles. The van der Waals surface area contributed by atoms with Crippen molar-refractivity contribution in [3.05, 3.63) is 46.5 Å². The molecule has 2 aromatic heterocycles. The Bertz CT molecular complexity index is 903. The third kappa shape index (κ3) is 5.03. The fourth-order valence-electron chi connectivity index (χ4n) is 4.50. The number of nitrogens with one attached hydrogen (secondary N) is 1. The van der Waals surface area contributed by atoms with Gasteiger partial charge in [-0.1, -0.05) is 25.8 Å². The molecule has 0 bridgehead atoms. The van der Waals surface area contributed by atoms with E-state index in [1.165, 1.54) is 19.3 Å². The zero-order valence-corrected chi connectivity index (χ0v) is 17.2. The van der Waals surface area contributed by atoms with Gasteiger partial charge in [0.05, 0.1) is 12.2 Å². The van der Waals surface area contributed by atoms with Gasteiger partial charge in [0.25, 0.3) is 5.56 Å². The largest absolute Gasteiger partial charge is 0.352 e. The van der Waals surface area contributed by atoms with Crippen LogP contribution in [0.3, 0.4) is 0 Å². The molecule has 7 heteroatoms. The first-order valence-electron chi connectivity index (χ1n) is 10.8. The normalized spacial score (nSPS) is 23.9. The van der Waals surface area contributed by atoms with Crippen LogP contribution in [0.15, 0.2) is 35.3 Å². The van der Waals surface area contributed by atoms with Crippen molar-refractivity contribution in [2.24, 2.45) is 5.92 Å². The van der Waals surface area contributed by atoms with Crippen molar-refractivity contribution in [3.8, 4) is 0 Å². The van der Waals surface area contributed by atoms with Crippen molar-refractivity contribution >= 4 is 11.6 Å². The zero-order chi connectivity index (χ0) is 20.2. The van der Waals surface area contributed by atoms with Gasteiger partial charge in [-0.3, -0.25) is 23.8 Å². The topological polar surface area (TPSA) is 70.0 Å². The minimum atomic E-state index is -0.0437. The standard InChI is InChI=1S/C22H31N5O2/c1-17-6-2-3-7-19(17)24-21(28)16-26-12-10-25(11-13-26)15-18-14-22(29)27-9-5-4-8-20(27)23-18/h4-5,8-9,14,17,19H,2-3,6-7,10-13,15-16H2,1H3,(H,24,28). The van der Waals surface area contributed by atoms with E-state index >= 15 is 0 Å². The molecular weight excluding hydrogens is 366 g/mol. The summed E-state index contributed by atoms with van der Waals surface area (Å²) in [6.07, 6.45) is 6.58. The number of hydrogen-bond acceptors (Lipinski definition) is 5. The Kier molecular flexibility index (Phi) is 6.25. The Morgan fingerprint density at radius 1 is 1.14 bits per heavy atom. The van der Waals surface area contributed by atoms with Crippen molar-refractivity contribution in [3.63, 3.8) is 0 Å². The summed E-state index contributed by atoms with van der Waals surface area (Å²) in [5.41, 5.74) is 1.44. The molecule has 1 aliphatic carbocycles. The Morgan fingerprint density at radius 2 is 1.90 bits per heavy atom. The van der Waals surface area contributed by atoms with E-state index in [0.29, 0.717) is 30.7 Å². The van der Waals surface area contributed by atoms with Gasteiger partial charge in [0.2, 0.25) is 5.91 Å². The van der Waals surface area contributed by atoms with E-state index < -0.39 is 0 Å². The molecular formula is C22H31N5O2. The second-order valence-corrected chi connectivity index (χ2v) is 8.50. The van der Waals surface area contributed by atoms with Gasteiger partial charge in [-0.2, -0.15) is 0 Å². The van der Waals surface area contributed by atoms with Gasteiger partial charge in [0.1, 0.15) is 5.65 Å². The Balaban J connectivity index is 1.26. The summed E-state index contributed by atoms with van der Waals surface area (Å²) in [6, 6.07) is 7.55. The van der Waals surface area contributed by atoms with Crippen LogP contribution < -0.4 is 10.9 Å². The molecule has 1 amide bonds. The average Bonchev–Trinajstić information content (AvgIpc) is 2.71. The molecule has 4 rings (SSSR count). The fraction of sp³-hybridized carbons (Fsp3) is 0.591. The van der Waals surface area contributed by atoms with E-state index in [0.717, 1.165) is 38.3 Å². The summed E-state index contributed by atoms with van der Waals surface area (Å²) in [6.45, 7) is 6.87. The van der Waals surface area contributed by atoms with Gasteiger partial charge in [-0.25, -0.2) is 4.98 Å². The first-order chi connectivity index (χ1) is 14.1. The van der Waals surface area contributed by atoms with Gasteiger partial charge in [0, 0.05) is 51.0 Å². The van der Waals surface area contributed by atoms with Crippen LogP contribution in [0, 0.1) is 5.92 Å². The third-order valence-electron chi connectivity index (χ3n) is 6.30. The molecule has 29 heavy (non-hydrogen) atoms. The van der Waals surface area contributed by atoms with Crippen LogP contribution in [0.4, 0.5) is 0 Å². The van der Waals surface area contributed by atoms with E-state index in [4.69, 9.17) is 0 Å². The first kappa shape index (κ1) is 20.0. The van der Waals surface area contributed by atoms with Gasteiger partial charge in [0.15, 0.2) is 0 Å². The number of rotatable bonds is 5. The predicted molar refractivity (Wildman–Crippen MR) is 113 cm³/mol. The fourth-order valence-corrected chi connectivity index (χ4v) is 4.50. The molecule has 1 saturated heterocycles. The number of hydrogen-bond donors (Lipinski definition) is 1. The molecule has 2 unspecified atom stereocenters. The number of carbonyl (C=O) groups is 1. The second-order valence-electron chi connectivity index (χ2n) is 8.50. The molecule has 0 spiro atoms. The first-order valence-corrected chi connectivity index (χ1v) is 10.8. The van der Waals surface area contributed by atoms with Crippen LogP contribution in [0.2, 0.25) is 0 Å². The van der Waals surface area contributed by atoms with E-state index in [1.807, 2.05) is 18.2 Å². The number of fused-ring (bicyclic) bond motifs is 1. The lowest BCUT2D eigenvalue weighted by molar-refractivity contribution is -0.124. The smallest absolute Gasteiger partial charge is 0.258 e. The zero-order valence-electron chi connectivity index (χ0n) is 17.2. The third-order valence-corrected chi connectivity index (χ3v) is 6.30. The maximum atomic E-state index is 12.4. The average molecular weight is 398 g/mol. The lowest BCUT2D eigenvalue weighted by Gasteiger charge is -2.35. The minimum absolute atomic E-state index is 0.0437. The summed E-state index contributed by atoms with van der Waals surface area (Å²) >= 11 is 0. The number of amides is 1. The summed E-state index contributed by atoms with van der Waals surface area (Å²) in [4.78, 5) is 33.8. The SMILES string of the molecule is CC1CCCCC1NC(=O)CN1CCN(Cc2cc(=O)n3ccccc3n2)CC1. The van der Waals surface area contributed by atoms with Crippen LogP contribution in [-0.4, -0.2) is 63.9 Å². The highest BCUT2D eigenvalue weighted by Gasteiger charge is 2.25. The van der Waals surface area contributed by atoms with Crippen molar-refractivity contribution in [2.45, 2.75) is 45.2 Å². The van der Waals surface area contributed by atoms with Crippen LogP contribution in [0.5, 0.6) is 0 Å². The molecule has 2 aliphatic rings. The number of pyridine rings is 1. The van der Waals surface area contributed by atoms with Crippen LogP contribution in [0.1, 0.15) is 38.3 Å². The van der Waals surface area contributed by atoms with E-state index in [1.54, 1.807) is 16.7 Å². The summed E-state index contributed by atoms with van der Waals surface area (Å²) in [5, 5.41) is 3.25. The molecule has 156 valence electrons. The van der Waals surface area contributed by atoms with Crippen LogP contribution >= 0.6 is 0 Å². The molecule has 0 radical (unpaired) electrons. The lowest BCUT2D eigenvalue weighted by Crippen LogP contribution is -2.51. The molecule has 3 heterocycles. The van der Waals surface area contributed by atoms with Crippen molar-refractivity contribution in [2.75, 3.05) is 32.7 Å². The number of aromatic nitrogens is 2. The molecule has 2 atom stereocenters. The lowest BCUT2D eigenvalue weighted by atomic mass is 9.86. The van der Waals surface area contributed by atoms with Gasteiger partial charge in [-0.15, -0.1) is 0 Å². The summed E-state index contributed by atoms with van der Waals surface area (Å²) < 4.78 is 1.56. The molecule has 1 N–H and O–H groups in total. The summed E-state index contributed by atoms with van der Waals surface area (Å²) in [5.74, 6) is 0.740. The van der Waals surface area contributed by atoms with Crippen molar-refractivity contribution in [1.29, 1.82) is 0 Å². The highest BCUT2D eigenvalue weighted by Crippen LogP contribution is 2.23. The molecule has 2 fully saturated rings. The molecule has 7 nitrogen and oxygen atoms in total. The number of carbonyl (C=O) groups excluding carboxylic acids is 1. The molecule has 2 aromatic rings. The Hall–Kier alpha value is -2.25. The molecule has 1 saturated carbocycles. The Labute approximate surface area is 171 Å². The van der Waals surface area contributed by atoms with Gasteiger partial charge < -0.3 is 5.32 Å². The Morgan fingerprint density at radius 3 is 2.69 bits per heavy atom. The monoisotopic (exact) mass is 397 g/mol. The minimum Gasteiger partial charge on any atom is -0.352 e. The van der Waals surface area contributed by atoms with Crippen LogP contribution in [-0.2, 0) is 11.3 Å². The number of nitrogens with zero attached hydrogens (tertiary/aromatic N) is 4. The number of piperazine rings is 1. The maximum absolute atomic E-state index is 12.4. The van der Waals surface area contributed by atoms with Gasteiger partial charge in [-0.05, 0) is 30.9 Å². The van der Waals surface area contributed by atoms with Crippen molar-refractivity contribution < 1.29 is 4.79 Å². The highest BCUT2D eigenvalue weighted by atomic mass is 16.2. The quantitative estimate of drug-likeness (QED) is 0.828. The van der Waals surface area contributed by atoms with Gasteiger partial charge >= 0.3 is 0 Å². The van der Waals surface area contributed by atoms with E-state index in [9.17, 15) is 9.59 Å². The maximum Gasteiger partial charge on any atom is 0.258 e. The van der Waals surface area contributed by atoms with Crippen LogP contribution in [0.25, 0.3) is 5.65 Å². The summed E-state index contributed by atoms with van der Waals surface area (Å²) in [7, 11) is 0. The predicted octanol–water partition coefficient (Wildman–Crippen LogP) is 1.51. The highest BCUT2D eigenvalue weighted by molar-refractivity contribution is 5.78. The van der Waals surface area contributed by atoms with E-state index in [2.05, 4.69) is 27.0 Å². The second kappa shape index (κ2) is 9.05.